The lowest BCUT2D eigenvalue weighted by Gasteiger charge is -2.40. The first kappa shape index (κ1) is 25.1. The number of anilines is 1. The molecular weight excluding hydrogens is 464 g/mol. The molecule has 2 heterocycles. The predicted octanol–water partition coefficient (Wildman–Crippen LogP) is 4.08. The molecule has 0 unspecified atom stereocenters. The van der Waals surface area contributed by atoms with Crippen LogP contribution >= 0.6 is 0 Å². The van der Waals surface area contributed by atoms with E-state index in [9.17, 15) is 9.59 Å². The van der Waals surface area contributed by atoms with Gasteiger partial charge in [-0.25, -0.2) is 0 Å². The van der Waals surface area contributed by atoms with Crippen LogP contribution in [0.4, 0.5) is 5.82 Å². The van der Waals surface area contributed by atoms with Gasteiger partial charge in [0.15, 0.2) is 11.5 Å². The maximum Gasteiger partial charge on any atom is 0.260 e. The van der Waals surface area contributed by atoms with E-state index in [2.05, 4.69) is 10.4 Å². The van der Waals surface area contributed by atoms with Crippen molar-refractivity contribution in [3.05, 3.63) is 59.8 Å². The van der Waals surface area contributed by atoms with Gasteiger partial charge in [-0.1, -0.05) is 0 Å². The summed E-state index contributed by atoms with van der Waals surface area (Å²) in [6, 6.07) is 11.6. The molecule has 0 fully saturated rings. The molecule has 0 bridgehead atoms. The molecule has 1 aromatic heterocycles. The van der Waals surface area contributed by atoms with Gasteiger partial charge in [0.25, 0.3) is 11.8 Å². The average molecular weight is 495 g/mol. The predicted molar refractivity (Wildman–Crippen MR) is 133 cm³/mol. The molecule has 2 amide bonds. The second-order valence-electron chi connectivity index (χ2n) is 9.08. The third-order valence-corrected chi connectivity index (χ3v) is 5.73. The third-order valence-electron chi connectivity index (χ3n) is 5.73. The Morgan fingerprint density at radius 2 is 1.86 bits per heavy atom. The maximum atomic E-state index is 13.0. The minimum absolute atomic E-state index is 0.135. The molecule has 0 spiro atoms. The molecule has 36 heavy (non-hydrogen) atoms. The Bertz CT molecular complexity index is 1290. The van der Waals surface area contributed by atoms with E-state index in [1.807, 2.05) is 20.8 Å². The van der Waals surface area contributed by atoms with E-state index in [1.165, 1.54) is 0 Å². The lowest BCUT2D eigenvalue weighted by Crippen LogP contribution is -2.52. The lowest BCUT2D eigenvalue weighted by molar-refractivity contribution is -0.0366. The Kier molecular flexibility index (Phi) is 6.89. The van der Waals surface area contributed by atoms with Crippen LogP contribution in [-0.2, 0) is 11.8 Å². The first-order valence-corrected chi connectivity index (χ1v) is 11.5. The number of nitrogens with one attached hydrogen (secondary N) is 1. The number of amides is 2. The molecule has 0 aliphatic carbocycles. The molecule has 4 rings (SSSR count). The van der Waals surface area contributed by atoms with Crippen molar-refractivity contribution in [1.29, 1.82) is 0 Å². The summed E-state index contributed by atoms with van der Waals surface area (Å²) in [4.78, 5) is 27.2. The van der Waals surface area contributed by atoms with Crippen molar-refractivity contribution < 1.29 is 28.5 Å². The molecule has 1 aliphatic rings. The van der Waals surface area contributed by atoms with E-state index >= 15 is 0 Å². The molecule has 1 N–H and O–H groups in total. The summed E-state index contributed by atoms with van der Waals surface area (Å²) in [5, 5.41) is 6.95. The van der Waals surface area contributed by atoms with E-state index in [0.29, 0.717) is 46.5 Å². The van der Waals surface area contributed by atoms with E-state index in [1.54, 1.807) is 79.4 Å². The quantitative estimate of drug-likeness (QED) is 0.503. The third kappa shape index (κ3) is 5.44. The number of methoxy groups -OCH3 is 1. The van der Waals surface area contributed by atoms with E-state index in [4.69, 9.17) is 18.9 Å². The molecule has 3 aromatic rings. The Labute approximate surface area is 209 Å². The summed E-state index contributed by atoms with van der Waals surface area (Å²) in [6.45, 7) is 5.87. The lowest BCUT2D eigenvalue weighted by atomic mass is 10.1. The van der Waals surface area contributed by atoms with Gasteiger partial charge in [-0.05, 0) is 45.0 Å². The molecule has 1 atom stereocenters. The van der Waals surface area contributed by atoms with Crippen LogP contribution in [0.15, 0.2) is 48.7 Å². The molecular formula is C26H30N4O6. The van der Waals surface area contributed by atoms with Crippen LogP contribution in [0.3, 0.4) is 0 Å². The normalized spacial score (nSPS) is 15.1. The fourth-order valence-corrected chi connectivity index (χ4v) is 3.73. The van der Waals surface area contributed by atoms with Crippen molar-refractivity contribution in [2.75, 3.05) is 26.1 Å². The largest absolute Gasteiger partial charge is 0.488 e. The Morgan fingerprint density at radius 1 is 1.11 bits per heavy atom. The highest BCUT2D eigenvalue weighted by atomic mass is 16.5. The van der Waals surface area contributed by atoms with Crippen LogP contribution in [0.5, 0.6) is 23.0 Å². The van der Waals surface area contributed by atoms with Gasteiger partial charge < -0.3 is 29.2 Å². The highest BCUT2D eigenvalue weighted by molar-refractivity contribution is 6.04. The minimum atomic E-state index is -0.801. The standard InChI is InChI=1S/C26H30N4O6/c1-16(15-33-6)34-19-11-17(24(31)27-23-9-10-29(4)28-23)12-20(13-19)35-18-7-8-21-22(14-18)36-26(2,3)30(5)25(21)32/h7-14,16H,15H2,1-6H3,(H,27,28,31)/t16-/m0/s1. The highest BCUT2D eigenvalue weighted by Crippen LogP contribution is 2.37. The van der Waals surface area contributed by atoms with Crippen molar-refractivity contribution >= 4 is 17.6 Å². The average Bonchev–Trinajstić information content (AvgIpc) is 3.21. The number of aryl methyl sites for hydroxylation is 1. The molecule has 0 radical (unpaired) electrons. The Balaban J connectivity index is 1.63. The molecule has 0 saturated heterocycles. The molecule has 10 heteroatoms. The summed E-state index contributed by atoms with van der Waals surface area (Å²) >= 11 is 0. The van der Waals surface area contributed by atoms with Crippen LogP contribution in [0.25, 0.3) is 0 Å². The van der Waals surface area contributed by atoms with Gasteiger partial charge >= 0.3 is 0 Å². The fraction of sp³-hybridized carbons (Fsp3) is 0.346. The monoisotopic (exact) mass is 494 g/mol. The van der Waals surface area contributed by atoms with Gasteiger partial charge in [-0.2, -0.15) is 5.10 Å². The SMILES string of the molecule is COC[C@H](C)Oc1cc(Oc2ccc3c(c2)OC(C)(C)N(C)C3=O)cc(C(=O)Nc2ccn(C)n2)c1. The first-order chi connectivity index (χ1) is 17.1. The maximum absolute atomic E-state index is 13.0. The van der Waals surface area contributed by atoms with Gasteiger partial charge in [-0.15, -0.1) is 0 Å². The molecule has 1 aliphatic heterocycles. The van der Waals surface area contributed by atoms with Crippen LogP contribution in [0.2, 0.25) is 0 Å². The summed E-state index contributed by atoms with van der Waals surface area (Å²) in [6.07, 6.45) is 1.48. The number of hydrogen-bond donors (Lipinski definition) is 1. The fourth-order valence-electron chi connectivity index (χ4n) is 3.73. The number of carbonyl (C=O) groups is 2. The number of benzene rings is 2. The zero-order chi connectivity index (χ0) is 26.0. The van der Waals surface area contributed by atoms with E-state index in [0.717, 1.165) is 0 Å². The molecule has 2 aromatic carbocycles. The summed E-state index contributed by atoms with van der Waals surface area (Å²) < 4.78 is 24.8. The number of aromatic nitrogens is 2. The highest BCUT2D eigenvalue weighted by Gasteiger charge is 2.37. The zero-order valence-corrected chi connectivity index (χ0v) is 21.2. The van der Waals surface area contributed by atoms with Crippen molar-refractivity contribution in [2.24, 2.45) is 7.05 Å². The summed E-state index contributed by atoms with van der Waals surface area (Å²) in [7, 11) is 5.05. The summed E-state index contributed by atoms with van der Waals surface area (Å²) in [5.74, 6) is 1.61. The molecule has 190 valence electrons. The number of fused-ring (bicyclic) bond motifs is 1. The molecule has 0 saturated carbocycles. The first-order valence-electron chi connectivity index (χ1n) is 11.5. The van der Waals surface area contributed by atoms with Gasteiger partial charge in [0.2, 0.25) is 0 Å². The second-order valence-corrected chi connectivity index (χ2v) is 9.08. The Morgan fingerprint density at radius 3 is 2.56 bits per heavy atom. The smallest absolute Gasteiger partial charge is 0.260 e. The number of rotatable bonds is 8. The van der Waals surface area contributed by atoms with Gasteiger partial charge in [0.1, 0.15) is 29.1 Å². The van der Waals surface area contributed by atoms with Crippen molar-refractivity contribution in [3.8, 4) is 23.0 Å². The van der Waals surface area contributed by atoms with Gasteiger partial charge in [0.05, 0.1) is 12.2 Å². The van der Waals surface area contributed by atoms with Gasteiger partial charge in [0, 0.05) is 51.2 Å². The summed E-state index contributed by atoms with van der Waals surface area (Å²) in [5.41, 5.74) is -0.0278. The Hall–Kier alpha value is -4.05. The topological polar surface area (TPSA) is 104 Å². The van der Waals surface area contributed by atoms with Crippen LogP contribution in [0, 0.1) is 0 Å². The van der Waals surface area contributed by atoms with Gasteiger partial charge in [-0.3, -0.25) is 14.3 Å². The number of carbonyl (C=O) groups excluding carboxylic acids is 2. The van der Waals surface area contributed by atoms with Crippen LogP contribution < -0.4 is 19.5 Å². The number of nitrogens with zero attached hydrogens (tertiary/aromatic N) is 3. The van der Waals surface area contributed by atoms with Crippen molar-refractivity contribution in [2.45, 2.75) is 32.6 Å². The van der Waals surface area contributed by atoms with E-state index in [-0.39, 0.29) is 17.9 Å². The molecule has 10 nitrogen and oxygen atoms in total. The van der Waals surface area contributed by atoms with Crippen LogP contribution in [-0.4, -0.2) is 59.1 Å². The van der Waals surface area contributed by atoms with E-state index < -0.39 is 5.72 Å². The van der Waals surface area contributed by atoms with Crippen molar-refractivity contribution in [1.82, 2.24) is 14.7 Å². The minimum Gasteiger partial charge on any atom is -0.488 e. The number of hydrogen-bond acceptors (Lipinski definition) is 7. The second kappa shape index (κ2) is 9.90. The van der Waals surface area contributed by atoms with Crippen molar-refractivity contribution in [3.63, 3.8) is 0 Å². The zero-order valence-electron chi connectivity index (χ0n) is 21.2. The van der Waals surface area contributed by atoms with Crippen LogP contribution in [0.1, 0.15) is 41.5 Å². The number of ether oxygens (including phenoxy) is 4.